The van der Waals surface area contributed by atoms with E-state index >= 15 is 0 Å². The molecule has 2 saturated heterocycles. The number of hydrogen-bond donors (Lipinski definition) is 4. The van der Waals surface area contributed by atoms with Crippen molar-refractivity contribution in [1.29, 1.82) is 0 Å². The van der Waals surface area contributed by atoms with E-state index in [2.05, 4.69) is 10.6 Å². The largest absolute Gasteiger partial charge is 0.485 e. The van der Waals surface area contributed by atoms with Gasteiger partial charge in [0.2, 0.25) is 11.8 Å². The Labute approximate surface area is 216 Å². The number of amides is 4. The summed E-state index contributed by atoms with van der Waals surface area (Å²) >= 11 is 0. The highest BCUT2D eigenvalue weighted by Crippen LogP contribution is 2.49. The second-order valence-electron chi connectivity index (χ2n) is 9.84. The highest BCUT2D eigenvalue weighted by Gasteiger charge is 2.56. The average Bonchev–Trinajstić information content (AvgIpc) is 3.21. The normalized spacial score (nSPS) is 23.1. The van der Waals surface area contributed by atoms with Gasteiger partial charge in [0.25, 0.3) is 0 Å². The zero-order chi connectivity index (χ0) is 26.6. The zero-order valence-electron chi connectivity index (χ0n) is 21.3. The van der Waals surface area contributed by atoms with E-state index in [1.807, 2.05) is 43.3 Å². The van der Waals surface area contributed by atoms with Gasteiger partial charge in [0.05, 0.1) is 18.6 Å². The lowest BCUT2D eigenvalue weighted by molar-refractivity contribution is -0.141. The van der Waals surface area contributed by atoms with Crippen LogP contribution >= 0.6 is 0 Å². The minimum atomic E-state index is -1.17. The second kappa shape index (κ2) is 11.2. The van der Waals surface area contributed by atoms with Crippen molar-refractivity contribution in [2.75, 3.05) is 38.2 Å². The van der Waals surface area contributed by atoms with Gasteiger partial charge in [0.15, 0.2) is 0 Å². The van der Waals surface area contributed by atoms with Crippen LogP contribution in [0.4, 0.5) is 10.5 Å². The van der Waals surface area contributed by atoms with Crippen LogP contribution in [0.2, 0.25) is 0 Å². The number of ether oxygens (including phenoxy) is 2. The summed E-state index contributed by atoms with van der Waals surface area (Å²) in [5.74, 6) is -1.42. The Balaban J connectivity index is 1.73. The molecule has 3 unspecified atom stereocenters. The minimum absolute atomic E-state index is 0.226. The molecular weight excluding hydrogens is 476 g/mol. The molecule has 0 saturated carbocycles. The third-order valence-corrected chi connectivity index (χ3v) is 7.36. The predicted octanol–water partition coefficient (Wildman–Crippen LogP) is 2.87. The molecule has 2 fully saturated rings. The zero-order valence-corrected chi connectivity index (χ0v) is 21.3. The summed E-state index contributed by atoms with van der Waals surface area (Å²) in [5.41, 5.74) is 2.68. The number of morpholine rings is 1. The number of hydroxylamine groups is 1. The maximum Gasteiger partial charge on any atom is 0.321 e. The smallest absolute Gasteiger partial charge is 0.321 e. The average molecular weight is 511 g/mol. The van der Waals surface area contributed by atoms with Crippen LogP contribution in [-0.4, -0.2) is 60.8 Å². The summed E-state index contributed by atoms with van der Waals surface area (Å²) in [6, 6.07) is 14.5. The van der Waals surface area contributed by atoms with Crippen LogP contribution in [0, 0.1) is 24.2 Å². The van der Waals surface area contributed by atoms with Gasteiger partial charge in [0.1, 0.15) is 11.9 Å². The van der Waals surface area contributed by atoms with Crippen LogP contribution in [0.3, 0.4) is 0 Å². The Bertz CT molecular complexity index is 1140. The Morgan fingerprint density at radius 1 is 1.19 bits per heavy atom. The minimum Gasteiger partial charge on any atom is -0.485 e. The van der Waals surface area contributed by atoms with Crippen LogP contribution in [0.1, 0.15) is 31.1 Å². The molecule has 4 amide bonds. The molecule has 2 aromatic carbocycles. The standard InChI is InChI=1S/C27H34N4O6/c1-17-13-19(15-20(14-17)29-26(34)31-9-11-36-12-10-31)23(37-21-7-5-4-6-8-21)27(3)22(16-28-25(27)33)18(2)24(32)30-35/h4-8,13-15,18,22-23,35H,9-12,16H2,1-3H3,(H,28,33)(H,29,34)(H,30,32)/t18?,22?,23-,27?/m1/s1. The summed E-state index contributed by atoms with van der Waals surface area (Å²) in [7, 11) is 0. The van der Waals surface area contributed by atoms with Crippen molar-refractivity contribution in [1.82, 2.24) is 15.7 Å². The lowest BCUT2D eigenvalue weighted by atomic mass is 9.67. The Morgan fingerprint density at radius 2 is 1.89 bits per heavy atom. The monoisotopic (exact) mass is 510 g/mol. The van der Waals surface area contributed by atoms with E-state index in [0.717, 1.165) is 5.56 Å². The van der Waals surface area contributed by atoms with Gasteiger partial charge in [-0.3, -0.25) is 14.8 Å². The topological polar surface area (TPSA) is 129 Å². The fourth-order valence-electron chi connectivity index (χ4n) is 5.24. The lowest BCUT2D eigenvalue weighted by Crippen LogP contribution is -2.45. The van der Waals surface area contributed by atoms with Gasteiger partial charge < -0.3 is 25.0 Å². The first-order chi connectivity index (χ1) is 17.7. The van der Waals surface area contributed by atoms with E-state index in [9.17, 15) is 19.6 Å². The fraction of sp³-hybridized carbons (Fsp3) is 0.444. The van der Waals surface area contributed by atoms with E-state index in [1.54, 1.807) is 36.4 Å². The molecule has 4 N–H and O–H groups in total. The van der Waals surface area contributed by atoms with Crippen LogP contribution in [0.5, 0.6) is 5.75 Å². The quantitative estimate of drug-likeness (QED) is 0.335. The van der Waals surface area contributed by atoms with Gasteiger partial charge >= 0.3 is 6.03 Å². The molecule has 0 radical (unpaired) electrons. The Hall–Kier alpha value is -3.63. The molecule has 10 nitrogen and oxygen atoms in total. The number of aryl methyl sites for hydroxylation is 1. The van der Waals surface area contributed by atoms with E-state index in [1.165, 1.54) is 0 Å². The van der Waals surface area contributed by atoms with E-state index < -0.39 is 29.3 Å². The Kier molecular flexibility index (Phi) is 7.99. The molecule has 2 aromatic rings. The number of hydrogen-bond acceptors (Lipinski definition) is 6. The molecule has 0 aromatic heterocycles. The van der Waals surface area contributed by atoms with Crippen molar-refractivity contribution in [2.24, 2.45) is 17.3 Å². The number of nitrogens with zero attached hydrogens (tertiary/aromatic N) is 1. The van der Waals surface area contributed by atoms with E-state index in [-0.39, 0.29) is 18.5 Å². The Morgan fingerprint density at radius 3 is 2.57 bits per heavy atom. The summed E-state index contributed by atoms with van der Waals surface area (Å²) in [6.45, 7) is 7.63. The van der Waals surface area contributed by atoms with Gasteiger partial charge in [-0.2, -0.15) is 0 Å². The molecule has 2 aliphatic rings. The molecule has 37 heavy (non-hydrogen) atoms. The van der Waals surface area contributed by atoms with Crippen LogP contribution in [0.15, 0.2) is 48.5 Å². The second-order valence-corrected chi connectivity index (χ2v) is 9.84. The van der Waals surface area contributed by atoms with Gasteiger partial charge in [-0.1, -0.05) is 31.2 Å². The van der Waals surface area contributed by atoms with Crippen molar-refractivity contribution in [3.05, 3.63) is 59.7 Å². The predicted molar refractivity (Wildman–Crippen MR) is 136 cm³/mol. The summed E-state index contributed by atoms with van der Waals surface area (Å²) in [4.78, 5) is 40.4. The maximum atomic E-state index is 13.4. The third kappa shape index (κ3) is 5.55. The maximum absolute atomic E-state index is 13.4. The number of carbonyl (C=O) groups excluding carboxylic acids is 3. The van der Waals surface area contributed by atoms with Gasteiger partial charge in [-0.25, -0.2) is 10.3 Å². The molecule has 0 spiro atoms. The van der Waals surface area contributed by atoms with Crippen molar-refractivity contribution in [3.63, 3.8) is 0 Å². The van der Waals surface area contributed by atoms with Gasteiger partial charge in [-0.15, -0.1) is 0 Å². The summed E-state index contributed by atoms with van der Waals surface area (Å²) in [5, 5.41) is 15.1. The lowest BCUT2D eigenvalue weighted by Gasteiger charge is -2.39. The molecule has 198 valence electrons. The molecule has 4 atom stereocenters. The van der Waals surface area contributed by atoms with Crippen molar-refractivity contribution >= 4 is 23.5 Å². The number of benzene rings is 2. The number of nitrogens with one attached hydrogen (secondary N) is 3. The molecular formula is C27H34N4O6. The van der Waals surface area contributed by atoms with Crippen LogP contribution in [0.25, 0.3) is 0 Å². The SMILES string of the molecule is Cc1cc(NC(=O)N2CCOCC2)cc([C@@H](Oc2ccccc2)C2(C)C(=O)NCC2C(C)C(=O)NO)c1. The first-order valence-electron chi connectivity index (χ1n) is 12.4. The number of anilines is 1. The molecule has 4 rings (SSSR count). The van der Waals surface area contributed by atoms with Crippen LogP contribution in [-0.2, 0) is 14.3 Å². The van der Waals surface area contributed by atoms with E-state index in [0.29, 0.717) is 43.3 Å². The summed E-state index contributed by atoms with van der Waals surface area (Å²) < 4.78 is 11.8. The molecule has 2 heterocycles. The van der Waals surface area contributed by atoms with Crippen LogP contribution < -0.4 is 20.9 Å². The van der Waals surface area contributed by atoms with Crippen molar-refractivity contribution in [3.8, 4) is 5.75 Å². The molecule has 2 aliphatic heterocycles. The number of para-hydroxylation sites is 1. The van der Waals surface area contributed by atoms with Gasteiger partial charge in [0, 0.05) is 37.2 Å². The number of carbonyl (C=O) groups is 3. The van der Waals surface area contributed by atoms with Crippen molar-refractivity contribution in [2.45, 2.75) is 26.9 Å². The van der Waals surface area contributed by atoms with E-state index in [4.69, 9.17) is 9.47 Å². The molecule has 10 heteroatoms. The van der Waals surface area contributed by atoms with Gasteiger partial charge in [-0.05, 0) is 49.2 Å². The number of rotatable bonds is 7. The first kappa shape index (κ1) is 26.4. The third-order valence-electron chi connectivity index (χ3n) is 7.36. The highest BCUT2D eigenvalue weighted by atomic mass is 16.5. The number of urea groups is 1. The first-order valence-corrected chi connectivity index (χ1v) is 12.4. The molecule has 0 aliphatic carbocycles. The molecule has 0 bridgehead atoms. The highest BCUT2D eigenvalue weighted by molar-refractivity contribution is 5.90. The van der Waals surface area contributed by atoms with Crippen molar-refractivity contribution < 1.29 is 29.1 Å². The fourth-order valence-corrected chi connectivity index (χ4v) is 5.24. The summed E-state index contributed by atoms with van der Waals surface area (Å²) in [6.07, 6.45) is -0.796.